The van der Waals surface area contributed by atoms with Crippen molar-refractivity contribution in [1.29, 1.82) is 0 Å². The molecule has 1 unspecified atom stereocenters. The SMILES string of the molecule is CCCCNC(=O)C(C)N(Cc1cccc(Cl)c1)C(=O)CN(c1ccc(F)cc1)S(=O)(=O)c1ccc2c(c1)OCCO2. The van der Waals surface area contributed by atoms with Gasteiger partial charge in [-0.25, -0.2) is 12.8 Å². The van der Waals surface area contributed by atoms with E-state index in [1.165, 1.54) is 35.2 Å². The van der Waals surface area contributed by atoms with Crippen LogP contribution < -0.4 is 19.1 Å². The highest BCUT2D eigenvalue weighted by Crippen LogP contribution is 2.34. The Labute approximate surface area is 250 Å². The number of nitrogens with zero attached hydrogens (tertiary/aromatic N) is 2. The number of carbonyl (C=O) groups excluding carboxylic acids is 2. The summed E-state index contributed by atoms with van der Waals surface area (Å²) in [6.45, 7) is 3.96. The zero-order valence-electron chi connectivity index (χ0n) is 23.4. The third-order valence-corrected chi connectivity index (χ3v) is 8.74. The summed E-state index contributed by atoms with van der Waals surface area (Å²) in [5, 5.41) is 3.29. The predicted octanol–water partition coefficient (Wildman–Crippen LogP) is 4.78. The highest BCUT2D eigenvalue weighted by Gasteiger charge is 2.33. The highest BCUT2D eigenvalue weighted by atomic mass is 35.5. The van der Waals surface area contributed by atoms with Crippen molar-refractivity contribution in [3.63, 3.8) is 0 Å². The second-order valence-electron chi connectivity index (χ2n) is 9.77. The average molecular weight is 618 g/mol. The maximum atomic E-state index is 14.0. The molecule has 0 fully saturated rings. The Balaban J connectivity index is 1.70. The summed E-state index contributed by atoms with van der Waals surface area (Å²) in [4.78, 5) is 28.2. The Bertz CT molecular complexity index is 1520. The molecule has 0 saturated heterocycles. The number of sulfonamides is 1. The maximum absolute atomic E-state index is 14.0. The molecular weight excluding hydrogens is 585 g/mol. The molecule has 12 heteroatoms. The first-order valence-electron chi connectivity index (χ1n) is 13.6. The van der Waals surface area contributed by atoms with Gasteiger partial charge in [-0.3, -0.25) is 13.9 Å². The fourth-order valence-electron chi connectivity index (χ4n) is 4.40. The minimum atomic E-state index is -4.37. The lowest BCUT2D eigenvalue weighted by Gasteiger charge is -2.32. The number of carbonyl (C=O) groups is 2. The van der Waals surface area contributed by atoms with Crippen LogP contribution in [0.3, 0.4) is 0 Å². The fourth-order valence-corrected chi connectivity index (χ4v) is 6.04. The van der Waals surface area contributed by atoms with Crippen LogP contribution in [0, 0.1) is 5.82 Å². The Kier molecular flexibility index (Phi) is 10.3. The smallest absolute Gasteiger partial charge is 0.264 e. The lowest BCUT2D eigenvalue weighted by atomic mass is 10.1. The van der Waals surface area contributed by atoms with Crippen molar-refractivity contribution < 1.29 is 31.9 Å². The minimum Gasteiger partial charge on any atom is -0.486 e. The molecule has 0 aromatic heterocycles. The van der Waals surface area contributed by atoms with E-state index < -0.39 is 34.3 Å². The number of nitrogens with one attached hydrogen (secondary N) is 1. The van der Waals surface area contributed by atoms with Crippen LogP contribution in [-0.4, -0.2) is 57.5 Å². The summed E-state index contributed by atoms with van der Waals surface area (Å²) >= 11 is 6.17. The first-order valence-corrected chi connectivity index (χ1v) is 15.4. The third kappa shape index (κ3) is 7.51. The molecule has 9 nitrogen and oxygen atoms in total. The molecule has 0 saturated carbocycles. The van der Waals surface area contributed by atoms with Crippen LogP contribution in [0.2, 0.25) is 5.02 Å². The van der Waals surface area contributed by atoms with Gasteiger partial charge in [0.2, 0.25) is 11.8 Å². The van der Waals surface area contributed by atoms with Gasteiger partial charge in [0, 0.05) is 24.2 Å². The summed E-state index contributed by atoms with van der Waals surface area (Å²) in [6.07, 6.45) is 1.65. The number of hydrogen-bond donors (Lipinski definition) is 1. The van der Waals surface area contributed by atoms with Crippen molar-refractivity contribution in [2.75, 3.05) is 30.6 Å². The number of unbranched alkanes of at least 4 members (excludes halogenated alkanes) is 1. The fraction of sp³-hybridized carbons (Fsp3) is 0.333. The van der Waals surface area contributed by atoms with Gasteiger partial charge in [0.15, 0.2) is 11.5 Å². The molecule has 0 spiro atoms. The van der Waals surface area contributed by atoms with Gasteiger partial charge >= 0.3 is 0 Å². The number of amides is 2. The monoisotopic (exact) mass is 617 g/mol. The van der Waals surface area contributed by atoms with E-state index in [-0.39, 0.29) is 35.4 Å². The van der Waals surface area contributed by atoms with Gasteiger partial charge in [-0.05, 0) is 67.4 Å². The van der Waals surface area contributed by atoms with Crippen molar-refractivity contribution >= 4 is 39.1 Å². The van der Waals surface area contributed by atoms with Crippen molar-refractivity contribution in [3.05, 3.63) is 83.1 Å². The molecule has 224 valence electrons. The second-order valence-corrected chi connectivity index (χ2v) is 12.1. The Morgan fingerprint density at radius 2 is 1.74 bits per heavy atom. The molecule has 0 aliphatic carbocycles. The van der Waals surface area contributed by atoms with Crippen LogP contribution in [0.25, 0.3) is 0 Å². The molecule has 0 radical (unpaired) electrons. The Morgan fingerprint density at radius 1 is 1.02 bits per heavy atom. The molecule has 1 N–H and O–H groups in total. The van der Waals surface area contributed by atoms with Crippen molar-refractivity contribution in [2.24, 2.45) is 0 Å². The maximum Gasteiger partial charge on any atom is 0.264 e. The van der Waals surface area contributed by atoms with Crippen molar-refractivity contribution in [2.45, 2.75) is 44.2 Å². The van der Waals surface area contributed by atoms with Crippen LogP contribution in [0.4, 0.5) is 10.1 Å². The molecule has 1 aliphatic heterocycles. The topological polar surface area (TPSA) is 105 Å². The van der Waals surface area contributed by atoms with Gasteiger partial charge < -0.3 is 19.7 Å². The van der Waals surface area contributed by atoms with E-state index in [9.17, 15) is 22.4 Å². The minimum absolute atomic E-state index is 0.00306. The van der Waals surface area contributed by atoms with E-state index >= 15 is 0 Å². The number of ether oxygens (including phenoxy) is 2. The molecule has 4 rings (SSSR count). The molecule has 2 amide bonds. The number of rotatable bonds is 12. The molecular formula is C30H33ClFN3O6S. The molecule has 1 heterocycles. The third-order valence-electron chi connectivity index (χ3n) is 6.73. The van der Waals surface area contributed by atoms with E-state index in [1.54, 1.807) is 31.2 Å². The molecule has 42 heavy (non-hydrogen) atoms. The van der Waals surface area contributed by atoms with Gasteiger partial charge in [-0.1, -0.05) is 37.1 Å². The normalized spacial score (nSPS) is 13.2. The summed E-state index contributed by atoms with van der Waals surface area (Å²) in [7, 11) is -4.37. The van der Waals surface area contributed by atoms with Crippen LogP contribution >= 0.6 is 11.6 Å². The largest absolute Gasteiger partial charge is 0.486 e. The Hall–Kier alpha value is -3.83. The average Bonchev–Trinajstić information content (AvgIpc) is 2.98. The van der Waals surface area contributed by atoms with Crippen LogP contribution in [0.5, 0.6) is 11.5 Å². The van der Waals surface area contributed by atoms with Gasteiger partial charge in [0.1, 0.15) is 31.6 Å². The zero-order valence-corrected chi connectivity index (χ0v) is 25.0. The lowest BCUT2D eigenvalue weighted by Crippen LogP contribution is -2.51. The van der Waals surface area contributed by atoms with Gasteiger partial charge in [-0.2, -0.15) is 0 Å². The van der Waals surface area contributed by atoms with Gasteiger partial charge in [-0.15, -0.1) is 0 Å². The van der Waals surface area contributed by atoms with Crippen LogP contribution in [0.15, 0.2) is 71.6 Å². The summed E-state index contributed by atoms with van der Waals surface area (Å²) in [5.74, 6) is -0.921. The summed E-state index contributed by atoms with van der Waals surface area (Å²) in [6, 6.07) is 14.9. The van der Waals surface area contributed by atoms with E-state index in [1.807, 2.05) is 6.92 Å². The molecule has 1 atom stereocenters. The Morgan fingerprint density at radius 3 is 2.43 bits per heavy atom. The molecule has 1 aliphatic rings. The van der Waals surface area contributed by atoms with Gasteiger partial charge in [0.05, 0.1) is 10.6 Å². The van der Waals surface area contributed by atoms with E-state index in [0.29, 0.717) is 29.5 Å². The van der Waals surface area contributed by atoms with Gasteiger partial charge in [0.25, 0.3) is 10.0 Å². The summed E-state index contributed by atoms with van der Waals surface area (Å²) in [5.41, 5.74) is 0.731. The second kappa shape index (κ2) is 13.9. The lowest BCUT2D eigenvalue weighted by molar-refractivity contribution is -0.139. The number of benzene rings is 3. The van der Waals surface area contributed by atoms with Crippen molar-refractivity contribution in [3.8, 4) is 11.5 Å². The first kappa shape index (κ1) is 31.1. The number of halogens is 2. The van der Waals surface area contributed by atoms with Crippen LogP contribution in [-0.2, 0) is 26.2 Å². The predicted molar refractivity (Wildman–Crippen MR) is 158 cm³/mol. The number of hydrogen-bond acceptors (Lipinski definition) is 6. The van der Waals surface area contributed by atoms with E-state index in [4.69, 9.17) is 21.1 Å². The van der Waals surface area contributed by atoms with Crippen molar-refractivity contribution in [1.82, 2.24) is 10.2 Å². The van der Waals surface area contributed by atoms with E-state index in [2.05, 4.69) is 5.32 Å². The number of anilines is 1. The quantitative estimate of drug-likeness (QED) is 0.293. The van der Waals surface area contributed by atoms with Crippen LogP contribution in [0.1, 0.15) is 32.3 Å². The standard InChI is InChI=1S/C30H33ClFN3O6S/c1-3-4-14-33-30(37)21(2)34(19-22-6-5-7-23(31)17-22)29(36)20-35(25-10-8-24(32)9-11-25)42(38,39)26-12-13-27-28(18-26)41-16-15-40-27/h5-13,17-18,21H,3-4,14-16,19-20H2,1-2H3,(H,33,37). The first-order chi connectivity index (χ1) is 20.1. The number of fused-ring (bicyclic) bond motifs is 1. The molecule has 3 aromatic rings. The molecule has 0 bridgehead atoms. The highest BCUT2D eigenvalue weighted by molar-refractivity contribution is 7.92. The van der Waals surface area contributed by atoms with E-state index in [0.717, 1.165) is 29.3 Å². The summed E-state index contributed by atoms with van der Waals surface area (Å²) < 4.78 is 53.8. The zero-order chi connectivity index (χ0) is 30.3. The molecule has 3 aromatic carbocycles.